The Morgan fingerprint density at radius 1 is 1.28 bits per heavy atom. The van der Waals surface area contributed by atoms with Crippen molar-refractivity contribution >= 4 is 29.3 Å². The number of carbonyl (C=O) groups excluding carboxylic acids is 1. The van der Waals surface area contributed by atoms with Crippen molar-refractivity contribution in [2.75, 3.05) is 26.8 Å². The van der Waals surface area contributed by atoms with Gasteiger partial charge in [-0.15, -0.1) is 10.2 Å². The number of hydrogen-bond acceptors (Lipinski definition) is 6. The largest absolute Gasteiger partial charge is 0.444 e. The minimum absolute atomic E-state index is 0.203. The lowest BCUT2D eigenvalue weighted by atomic mass is 10.1. The van der Waals surface area contributed by atoms with E-state index in [1.54, 1.807) is 34.7 Å². The zero-order valence-corrected chi connectivity index (χ0v) is 16.7. The molecule has 25 heavy (non-hydrogen) atoms. The number of aliphatic hydroxyl groups excluding tert-OH is 1. The van der Waals surface area contributed by atoms with Crippen LogP contribution in [0.15, 0.2) is 0 Å². The molecule has 0 aromatic carbocycles. The first-order valence-corrected chi connectivity index (χ1v) is 8.64. The van der Waals surface area contributed by atoms with Crippen LogP contribution in [0, 0.1) is 6.92 Å². The van der Waals surface area contributed by atoms with Crippen LogP contribution < -0.4 is 0 Å². The molecule has 0 aliphatic heterocycles. The molecule has 0 radical (unpaired) electrons. The molecule has 0 aliphatic carbocycles. The smallest absolute Gasteiger partial charge is 0.410 e. The van der Waals surface area contributed by atoms with E-state index in [9.17, 15) is 9.90 Å². The normalized spacial score (nSPS) is 12.8. The number of rotatable bonds is 7. The van der Waals surface area contributed by atoms with Gasteiger partial charge in [-0.1, -0.05) is 23.2 Å². The van der Waals surface area contributed by atoms with Gasteiger partial charge in [0.2, 0.25) is 0 Å². The topological polar surface area (TPSA) is 84.8 Å². The number of nitrogens with zero attached hydrogens (tertiary/aromatic N) is 3. The number of hydrogen-bond donors (Lipinski definition) is 1. The van der Waals surface area contributed by atoms with E-state index >= 15 is 0 Å². The van der Waals surface area contributed by atoms with Gasteiger partial charge in [-0.25, -0.2) is 4.79 Å². The molecule has 0 aliphatic rings. The van der Waals surface area contributed by atoms with Gasteiger partial charge in [0.15, 0.2) is 10.3 Å². The van der Waals surface area contributed by atoms with Crippen LogP contribution in [0.25, 0.3) is 0 Å². The van der Waals surface area contributed by atoms with E-state index in [-0.39, 0.29) is 23.5 Å². The van der Waals surface area contributed by atoms with E-state index in [0.717, 1.165) is 0 Å². The number of aliphatic hydroxyl groups is 1. The van der Waals surface area contributed by atoms with Gasteiger partial charge in [-0.2, -0.15) is 0 Å². The molecule has 1 rings (SSSR count). The second-order valence-corrected chi connectivity index (χ2v) is 7.38. The highest BCUT2D eigenvalue weighted by Gasteiger charge is 2.20. The second-order valence-electron chi connectivity index (χ2n) is 6.67. The Kier molecular flexibility index (Phi) is 8.34. The third kappa shape index (κ3) is 7.32. The fourth-order valence-electron chi connectivity index (χ4n) is 1.93. The van der Waals surface area contributed by atoms with Crippen molar-refractivity contribution < 1.29 is 19.4 Å². The fourth-order valence-corrected chi connectivity index (χ4v) is 2.34. The Morgan fingerprint density at radius 3 is 2.44 bits per heavy atom. The minimum atomic E-state index is -0.554. The predicted octanol–water partition coefficient (Wildman–Crippen LogP) is 2.88. The Balaban J connectivity index is 2.55. The van der Waals surface area contributed by atoms with Crippen LogP contribution in [-0.4, -0.2) is 64.8 Å². The van der Waals surface area contributed by atoms with E-state index in [1.165, 1.54) is 4.90 Å². The Morgan fingerprint density at radius 2 is 1.88 bits per heavy atom. The molecule has 1 aromatic heterocycles. The molecule has 0 fully saturated rings. The molecule has 0 saturated heterocycles. The van der Waals surface area contributed by atoms with E-state index in [0.29, 0.717) is 24.1 Å². The highest BCUT2D eigenvalue weighted by atomic mass is 35.5. The average Bonchev–Trinajstić information content (AvgIpc) is 2.51. The van der Waals surface area contributed by atoms with Crippen LogP contribution in [0.4, 0.5) is 4.79 Å². The number of aromatic nitrogens is 2. The van der Waals surface area contributed by atoms with Crippen molar-refractivity contribution in [3.05, 3.63) is 21.4 Å². The molecule has 0 saturated carbocycles. The zero-order valence-electron chi connectivity index (χ0n) is 15.2. The maximum atomic E-state index is 11.9. The van der Waals surface area contributed by atoms with Crippen LogP contribution >= 0.6 is 23.2 Å². The number of carbonyl (C=O) groups is 1. The van der Waals surface area contributed by atoms with Gasteiger partial charge >= 0.3 is 6.09 Å². The molecule has 1 N–H and O–H groups in total. The summed E-state index contributed by atoms with van der Waals surface area (Å²) in [6.45, 7) is 7.55. The number of amides is 1. The van der Waals surface area contributed by atoms with Crippen LogP contribution in [-0.2, 0) is 15.9 Å². The maximum Gasteiger partial charge on any atom is 0.410 e. The van der Waals surface area contributed by atoms with Crippen LogP contribution in [0.1, 0.15) is 31.9 Å². The van der Waals surface area contributed by atoms with Gasteiger partial charge in [-0.3, -0.25) is 0 Å². The fraction of sp³-hybridized carbons (Fsp3) is 0.688. The summed E-state index contributed by atoms with van der Waals surface area (Å²) >= 11 is 12.0. The van der Waals surface area contributed by atoms with Crippen LogP contribution in [0.5, 0.6) is 0 Å². The monoisotopic (exact) mass is 393 g/mol. The lowest BCUT2D eigenvalue weighted by molar-refractivity contribution is -0.00421. The highest BCUT2D eigenvalue weighted by molar-refractivity contribution is 6.32. The van der Waals surface area contributed by atoms with Crippen LogP contribution in [0.3, 0.4) is 0 Å². The van der Waals surface area contributed by atoms with E-state index in [2.05, 4.69) is 10.2 Å². The summed E-state index contributed by atoms with van der Waals surface area (Å²) in [5.74, 6) is 0. The van der Waals surface area contributed by atoms with Gasteiger partial charge < -0.3 is 19.5 Å². The first-order chi connectivity index (χ1) is 11.5. The van der Waals surface area contributed by atoms with E-state index in [4.69, 9.17) is 32.7 Å². The Labute approximate surface area is 158 Å². The lowest BCUT2D eigenvalue weighted by Gasteiger charge is -2.25. The van der Waals surface area contributed by atoms with Gasteiger partial charge in [-0.05, 0) is 33.3 Å². The predicted molar refractivity (Wildman–Crippen MR) is 96.2 cm³/mol. The molecule has 1 heterocycles. The third-order valence-electron chi connectivity index (χ3n) is 3.36. The maximum absolute atomic E-state index is 11.9. The first kappa shape index (κ1) is 21.9. The number of halogens is 2. The summed E-state index contributed by atoms with van der Waals surface area (Å²) in [4.78, 5) is 13.3. The van der Waals surface area contributed by atoms with Crippen LogP contribution in [0.2, 0.25) is 10.3 Å². The van der Waals surface area contributed by atoms with Crippen molar-refractivity contribution in [1.29, 1.82) is 0 Å². The summed E-state index contributed by atoms with van der Waals surface area (Å²) < 4.78 is 10.9. The highest BCUT2D eigenvalue weighted by Crippen LogP contribution is 2.23. The first-order valence-electron chi connectivity index (χ1n) is 7.89. The minimum Gasteiger partial charge on any atom is -0.444 e. The SMILES string of the molecule is Cc1c(Cl)nnc(Cl)c1CC(CO)OCCN(C)C(=O)OC(C)(C)C. The van der Waals surface area contributed by atoms with Gasteiger partial charge in [0.1, 0.15) is 5.60 Å². The standard InChI is InChI=1S/C16H25Cl2N3O4/c1-10-12(14(18)20-19-13(10)17)8-11(9-22)24-7-6-21(5)15(23)25-16(2,3)4/h11,22H,6-9H2,1-5H3. The summed E-state index contributed by atoms with van der Waals surface area (Å²) in [6.07, 6.45) is -0.587. The molecular weight excluding hydrogens is 369 g/mol. The molecule has 0 spiro atoms. The summed E-state index contributed by atoms with van der Waals surface area (Å²) in [7, 11) is 1.62. The molecule has 142 valence electrons. The van der Waals surface area contributed by atoms with Crippen molar-refractivity contribution in [3.8, 4) is 0 Å². The third-order valence-corrected chi connectivity index (χ3v) is 4.02. The molecular formula is C16H25Cl2N3O4. The molecule has 7 nitrogen and oxygen atoms in total. The molecule has 1 aromatic rings. The quantitative estimate of drug-likeness (QED) is 0.766. The summed E-state index contributed by atoms with van der Waals surface area (Å²) in [5, 5.41) is 17.5. The number of ether oxygens (including phenoxy) is 2. The molecule has 9 heteroatoms. The van der Waals surface area contributed by atoms with Gasteiger partial charge in [0, 0.05) is 25.6 Å². The Hall–Kier alpha value is -1.15. The van der Waals surface area contributed by atoms with Crippen molar-refractivity contribution in [1.82, 2.24) is 15.1 Å². The second kappa shape index (κ2) is 9.52. The van der Waals surface area contributed by atoms with E-state index < -0.39 is 17.8 Å². The number of likely N-dealkylation sites (N-methyl/N-ethyl adjacent to an activating group) is 1. The van der Waals surface area contributed by atoms with Crippen molar-refractivity contribution in [2.45, 2.75) is 45.8 Å². The van der Waals surface area contributed by atoms with Crippen molar-refractivity contribution in [2.24, 2.45) is 0 Å². The molecule has 1 atom stereocenters. The summed E-state index contributed by atoms with van der Waals surface area (Å²) in [5.41, 5.74) is 0.831. The molecule has 1 amide bonds. The van der Waals surface area contributed by atoms with E-state index in [1.807, 2.05) is 0 Å². The summed E-state index contributed by atoms with van der Waals surface area (Å²) in [6, 6.07) is 0. The molecule has 1 unspecified atom stereocenters. The van der Waals surface area contributed by atoms with Gasteiger partial charge in [0.25, 0.3) is 0 Å². The zero-order chi connectivity index (χ0) is 19.2. The average molecular weight is 394 g/mol. The molecule has 0 bridgehead atoms. The van der Waals surface area contributed by atoms with Crippen molar-refractivity contribution in [3.63, 3.8) is 0 Å². The lowest BCUT2D eigenvalue weighted by Crippen LogP contribution is -2.37. The Bertz CT molecular complexity index is 593. The van der Waals surface area contributed by atoms with Gasteiger partial charge in [0.05, 0.1) is 19.3 Å².